The van der Waals surface area contributed by atoms with E-state index >= 15 is 0 Å². The summed E-state index contributed by atoms with van der Waals surface area (Å²) in [6.45, 7) is 0.708. The van der Waals surface area contributed by atoms with E-state index in [-0.39, 0.29) is 123 Å². The molecule has 1 aliphatic carbocycles. The Hall–Kier alpha value is 2.62. The van der Waals surface area contributed by atoms with Crippen molar-refractivity contribution in [3.8, 4) is 5.69 Å². The number of aliphatic imine (C=N–C) groups is 1. The molecule has 1 fully saturated rings. The number of carbonyl (C=O) groups excluding carboxylic acids is 1. The van der Waals surface area contributed by atoms with E-state index in [1.165, 1.54) is 16.4 Å². The fourth-order valence-corrected chi connectivity index (χ4v) is 4.75. The second-order valence-corrected chi connectivity index (χ2v) is 10.7. The Kier molecular flexibility index (Phi) is 39.8. The van der Waals surface area contributed by atoms with E-state index in [0.29, 0.717) is 0 Å². The van der Waals surface area contributed by atoms with Gasteiger partial charge in [0.05, 0.1) is 12.2 Å². The SMILES string of the molecule is Brc1cccc(-n2cccn2)c1.Brc1cccc(I)c1.C1=CCN=C1.NC1CCCC[C@@H]1N.O=CO[O-].[Cu][I].[H-].[K+].[K+]. The normalized spacial score (nSPS) is 15.3. The van der Waals surface area contributed by atoms with E-state index in [1.807, 2.05) is 65.5 Å². The zero-order valence-corrected chi connectivity index (χ0v) is 37.6. The van der Waals surface area contributed by atoms with Crippen LogP contribution in [0.2, 0.25) is 0 Å². The summed E-state index contributed by atoms with van der Waals surface area (Å²) in [7, 11) is 0. The minimum Gasteiger partial charge on any atom is -1.00 e. The van der Waals surface area contributed by atoms with Crippen LogP contribution >= 0.6 is 74.8 Å². The predicted molar refractivity (Wildman–Crippen MR) is 177 cm³/mol. The average Bonchev–Trinajstić information content (AvgIpc) is 3.70. The molecular formula is C26H32Br2CuI2K2N5O3. The van der Waals surface area contributed by atoms with Gasteiger partial charge in [0, 0.05) is 43.2 Å². The minimum absolute atomic E-state index is 0. The number of aromatic nitrogens is 2. The van der Waals surface area contributed by atoms with Crippen LogP contribution in [-0.2, 0) is 22.4 Å². The summed E-state index contributed by atoms with van der Waals surface area (Å²) < 4.78 is 5.29. The Labute approximate surface area is 379 Å². The van der Waals surface area contributed by atoms with Crippen molar-refractivity contribution in [2.24, 2.45) is 16.5 Å². The molecule has 1 aliphatic heterocycles. The van der Waals surface area contributed by atoms with E-state index in [4.69, 9.17) is 21.5 Å². The molecule has 2 aliphatic rings. The van der Waals surface area contributed by atoms with E-state index in [0.717, 1.165) is 34.0 Å². The van der Waals surface area contributed by atoms with Gasteiger partial charge in [-0.1, -0.05) is 62.9 Å². The number of nitrogens with zero attached hydrogens (tertiary/aromatic N) is 3. The summed E-state index contributed by atoms with van der Waals surface area (Å²) in [6, 6.07) is 18.6. The molecule has 1 unspecified atom stereocenters. The Balaban J connectivity index is -0.000000217. The minimum atomic E-state index is -0.181. The van der Waals surface area contributed by atoms with Crippen molar-refractivity contribution in [3.05, 3.63) is 91.7 Å². The maximum atomic E-state index is 8.64. The van der Waals surface area contributed by atoms with Crippen LogP contribution in [0.25, 0.3) is 5.69 Å². The van der Waals surface area contributed by atoms with Gasteiger partial charge in [0.15, 0.2) is 0 Å². The molecule has 2 atom stereocenters. The van der Waals surface area contributed by atoms with Gasteiger partial charge < -0.3 is 23.0 Å². The Morgan fingerprint density at radius 1 is 1.02 bits per heavy atom. The first kappa shape index (κ1) is 48.0. The molecule has 0 saturated heterocycles. The zero-order valence-electron chi connectivity index (χ0n) is 23.9. The molecule has 1 aromatic heterocycles. The molecule has 4 N–H and O–H groups in total. The number of rotatable bonds is 2. The van der Waals surface area contributed by atoms with Crippen molar-refractivity contribution in [1.82, 2.24) is 9.78 Å². The Morgan fingerprint density at radius 2 is 1.59 bits per heavy atom. The molecule has 8 nitrogen and oxygen atoms in total. The maximum Gasteiger partial charge on any atom is 1.00 e. The fraction of sp³-hybridized carbons (Fsp3) is 0.269. The Bertz CT molecular complexity index is 1060. The zero-order chi connectivity index (χ0) is 29.3. The van der Waals surface area contributed by atoms with Crippen LogP contribution in [0, 0.1) is 3.57 Å². The van der Waals surface area contributed by atoms with Crippen LogP contribution < -0.4 is 119 Å². The van der Waals surface area contributed by atoms with Gasteiger partial charge in [-0.25, -0.2) is 4.68 Å². The summed E-state index contributed by atoms with van der Waals surface area (Å²) in [4.78, 5) is 15.1. The maximum absolute atomic E-state index is 8.64. The van der Waals surface area contributed by atoms with Gasteiger partial charge in [0.2, 0.25) is 0 Å². The van der Waals surface area contributed by atoms with Gasteiger partial charge >= 0.3 is 136 Å². The van der Waals surface area contributed by atoms with Crippen molar-refractivity contribution in [1.29, 1.82) is 0 Å². The standard InChI is InChI=1S/C9H7BrN2.C6H4BrI.C6H14N2.C4H5N.CH2O3.Cu.HI.2K.H/c10-8-3-1-4-9(7-8)12-6-2-5-11-12;7-5-2-1-3-6(8)4-5;7-5-3-1-2-4-6(5)8;1-2-4-5-3-1;2-1-4-3;;;;;/h1-7H;1-4H;5-6H,1-4,7-8H2;1-3H,4H2;1,3H;;1H;;;/q;;;;;+1;;2*+1;-1/p-2/t;;5-,6?;;;;;;;/m..0......./s1. The van der Waals surface area contributed by atoms with Gasteiger partial charge in [0.1, 0.15) is 0 Å². The molecular weight excluding hydrogens is 986 g/mol. The number of allylic oxidation sites excluding steroid dienone is 1. The van der Waals surface area contributed by atoms with Gasteiger partial charge in [-0.05, 0) is 84.0 Å². The molecule has 0 bridgehead atoms. The third kappa shape index (κ3) is 27.4. The topological polar surface area (TPSA) is 132 Å². The van der Waals surface area contributed by atoms with Gasteiger partial charge in [0.25, 0.3) is 6.47 Å². The van der Waals surface area contributed by atoms with Gasteiger partial charge in [-0.2, -0.15) is 5.10 Å². The van der Waals surface area contributed by atoms with E-state index in [9.17, 15) is 0 Å². The predicted octanol–water partition coefficient (Wildman–Crippen LogP) is -0.0311. The Morgan fingerprint density at radius 3 is 1.90 bits per heavy atom. The fourth-order valence-electron chi connectivity index (χ4n) is 2.99. The second-order valence-electron chi connectivity index (χ2n) is 7.62. The summed E-state index contributed by atoms with van der Waals surface area (Å²) in [5, 5.41) is 12.6. The summed E-state index contributed by atoms with van der Waals surface area (Å²) >= 11 is 14.9. The van der Waals surface area contributed by atoms with Gasteiger partial charge in [-0.3, -0.25) is 9.79 Å². The largest absolute Gasteiger partial charge is 1.00 e. The molecule has 220 valence electrons. The van der Waals surface area contributed by atoms with Crippen molar-refractivity contribution < 1.29 is 132 Å². The van der Waals surface area contributed by atoms with Crippen LogP contribution in [-0.4, -0.2) is 41.1 Å². The molecule has 3 aromatic rings. The molecule has 41 heavy (non-hydrogen) atoms. The van der Waals surface area contributed by atoms with E-state index in [1.54, 1.807) is 32.8 Å². The molecule has 5 rings (SSSR count). The van der Waals surface area contributed by atoms with Crippen molar-refractivity contribution in [2.45, 2.75) is 37.8 Å². The third-order valence-electron chi connectivity index (χ3n) is 4.82. The number of halogens is 4. The molecule has 15 heteroatoms. The number of benzene rings is 2. The number of nitrogens with two attached hydrogens (primary N) is 2. The van der Waals surface area contributed by atoms with Crippen LogP contribution in [0.5, 0.6) is 0 Å². The molecule has 0 amide bonds. The molecule has 0 radical (unpaired) electrons. The average molecular weight is 1020 g/mol. The first-order valence-electron chi connectivity index (χ1n) is 11.5. The van der Waals surface area contributed by atoms with Crippen LogP contribution in [0.1, 0.15) is 27.1 Å². The third-order valence-corrected chi connectivity index (χ3v) is 6.47. The smallest absolute Gasteiger partial charge is 1.00 e. The van der Waals surface area contributed by atoms with Crippen molar-refractivity contribution >= 4 is 87.5 Å². The molecule has 0 spiro atoms. The summed E-state index contributed by atoms with van der Waals surface area (Å²) in [5.41, 5.74) is 12.4. The number of hydrogen-bond donors (Lipinski definition) is 2. The van der Waals surface area contributed by atoms with Crippen molar-refractivity contribution in [2.75, 3.05) is 6.54 Å². The molecule has 1 saturated carbocycles. The first-order valence-corrected chi connectivity index (χ1v) is 17.2. The van der Waals surface area contributed by atoms with Gasteiger partial charge in [-0.15, -0.1) is 0 Å². The summed E-state index contributed by atoms with van der Waals surface area (Å²) in [5.74, 6) is 0. The van der Waals surface area contributed by atoms with Crippen LogP contribution in [0.3, 0.4) is 0 Å². The number of carbonyl (C=O) groups is 1. The molecule has 2 aromatic carbocycles. The number of hydrogen-bond acceptors (Lipinski definition) is 7. The van der Waals surface area contributed by atoms with Crippen molar-refractivity contribution in [3.63, 3.8) is 0 Å². The monoisotopic (exact) mass is 1010 g/mol. The van der Waals surface area contributed by atoms with Crippen LogP contribution in [0.15, 0.2) is 93.1 Å². The van der Waals surface area contributed by atoms with E-state index < -0.39 is 0 Å². The van der Waals surface area contributed by atoms with Crippen LogP contribution in [0.4, 0.5) is 0 Å². The first-order chi connectivity index (χ1) is 18.9. The summed E-state index contributed by atoms with van der Waals surface area (Å²) in [6.07, 6.45) is 14.2. The molecule has 2 heterocycles. The quantitative estimate of drug-likeness (QED) is 0.122. The van der Waals surface area contributed by atoms with E-state index in [2.05, 4.69) is 94.3 Å². The second kappa shape index (κ2) is 34.0.